The van der Waals surface area contributed by atoms with E-state index in [1.807, 2.05) is 13.8 Å². The summed E-state index contributed by atoms with van der Waals surface area (Å²) in [5, 5.41) is 2.94. The molecule has 0 saturated heterocycles. The van der Waals surface area contributed by atoms with Crippen LogP contribution in [0.5, 0.6) is 0 Å². The van der Waals surface area contributed by atoms with Gasteiger partial charge in [0.05, 0.1) is 6.10 Å². The number of ether oxygens (including phenoxy) is 1. The Morgan fingerprint density at radius 1 is 1.14 bits per heavy atom. The van der Waals surface area contributed by atoms with Crippen molar-refractivity contribution >= 4 is 5.91 Å². The standard InChI is InChI=1S/C18H29NO2/c1-14(2)17-9-6-16(7-10-17)8-11-18(20)19-12-5-13-21-15(3)4/h6-7,9-10,14-15H,5,8,11-13H2,1-4H3,(H,19,20). The summed E-state index contributed by atoms with van der Waals surface area (Å²) in [6, 6.07) is 8.56. The first-order valence-electron chi connectivity index (χ1n) is 7.96. The Labute approximate surface area is 129 Å². The van der Waals surface area contributed by atoms with Crippen LogP contribution in [0.1, 0.15) is 57.6 Å². The molecule has 118 valence electrons. The number of nitrogens with one attached hydrogen (secondary N) is 1. The van der Waals surface area contributed by atoms with Crippen LogP contribution >= 0.6 is 0 Å². The van der Waals surface area contributed by atoms with Crippen LogP contribution in [-0.4, -0.2) is 25.2 Å². The number of amides is 1. The van der Waals surface area contributed by atoms with E-state index in [9.17, 15) is 4.79 Å². The molecule has 21 heavy (non-hydrogen) atoms. The summed E-state index contributed by atoms with van der Waals surface area (Å²) in [6.45, 7) is 9.80. The molecule has 1 aromatic rings. The maximum Gasteiger partial charge on any atom is 0.220 e. The van der Waals surface area contributed by atoms with Gasteiger partial charge in [0.25, 0.3) is 0 Å². The van der Waals surface area contributed by atoms with Crippen molar-refractivity contribution in [2.24, 2.45) is 0 Å². The fraction of sp³-hybridized carbons (Fsp3) is 0.611. The van der Waals surface area contributed by atoms with Crippen LogP contribution in [0.4, 0.5) is 0 Å². The van der Waals surface area contributed by atoms with Crippen molar-refractivity contribution in [1.29, 1.82) is 0 Å². The maximum atomic E-state index is 11.7. The second-order valence-electron chi connectivity index (χ2n) is 6.02. The lowest BCUT2D eigenvalue weighted by Crippen LogP contribution is -2.25. The zero-order chi connectivity index (χ0) is 15.7. The molecule has 0 saturated carbocycles. The van der Waals surface area contributed by atoms with Crippen LogP contribution < -0.4 is 5.32 Å². The van der Waals surface area contributed by atoms with Crippen molar-refractivity contribution < 1.29 is 9.53 Å². The first kappa shape index (κ1) is 17.7. The van der Waals surface area contributed by atoms with Crippen molar-refractivity contribution in [3.05, 3.63) is 35.4 Å². The van der Waals surface area contributed by atoms with Gasteiger partial charge >= 0.3 is 0 Å². The molecule has 0 radical (unpaired) electrons. The van der Waals surface area contributed by atoms with Gasteiger partial charge in [0.1, 0.15) is 0 Å². The number of rotatable bonds is 9. The van der Waals surface area contributed by atoms with Gasteiger partial charge in [-0.05, 0) is 43.7 Å². The van der Waals surface area contributed by atoms with Gasteiger partial charge in [0.15, 0.2) is 0 Å². The predicted octanol–water partition coefficient (Wildman–Crippen LogP) is 3.67. The highest BCUT2D eigenvalue weighted by Crippen LogP contribution is 2.15. The van der Waals surface area contributed by atoms with Crippen LogP contribution in [0.15, 0.2) is 24.3 Å². The zero-order valence-corrected chi connectivity index (χ0v) is 13.8. The zero-order valence-electron chi connectivity index (χ0n) is 13.8. The predicted molar refractivity (Wildman–Crippen MR) is 87.6 cm³/mol. The molecule has 0 aliphatic heterocycles. The molecule has 0 unspecified atom stereocenters. The molecule has 0 spiro atoms. The minimum atomic E-state index is 0.118. The summed E-state index contributed by atoms with van der Waals surface area (Å²) in [7, 11) is 0. The Morgan fingerprint density at radius 2 is 1.81 bits per heavy atom. The smallest absolute Gasteiger partial charge is 0.220 e. The van der Waals surface area contributed by atoms with E-state index in [0.717, 1.165) is 12.8 Å². The maximum absolute atomic E-state index is 11.7. The molecule has 1 rings (SSSR count). The second-order valence-corrected chi connectivity index (χ2v) is 6.02. The summed E-state index contributed by atoms with van der Waals surface area (Å²) in [5.74, 6) is 0.669. The third-order valence-corrected chi connectivity index (χ3v) is 3.38. The van der Waals surface area contributed by atoms with Gasteiger partial charge in [0, 0.05) is 19.6 Å². The molecule has 0 atom stereocenters. The highest BCUT2D eigenvalue weighted by molar-refractivity contribution is 5.76. The van der Waals surface area contributed by atoms with Crippen molar-refractivity contribution in [3.63, 3.8) is 0 Å². The Kier molecular flexibility index (Phi) is 8.06. The first-order valence-corrected chi connectivity index (χ1v) is 7.96. The largest absolute Gasteiger partial charge is 0.379 e. The Balaban J connectivity index is 2.17. The van der Waals surface area contributed by atoms with Crippen molar-refractivity contribution in [3.8, 4) is 0 Å². The SMILES string of the molecule is CC(C)OCCCNC(=O)CCc1ccc(C(C)C)cc1. The molecule has 3 nitrogen and oxygen atoms in total. The van der Waals surface area contributed by atoms with Crippen molar-refractivity contribution in [2.75, 3.05) is 13.2 Å². The number of hydrogen-bond donors (Lipinski definition) is 1. The third-order valence-electron chi connectivity index (χ3n) is 3.38. The van der Waals surface area contributed by atoms with Crippen LogP contribution in [0.3, 0.4) is 0 Å². The van der Waals surface area contributed by atoms with E-state index in [2.05, 4.69) is 43.4 Å². The molecule has 1 aromatic carbocycles. The van der Waals surface area contributed by atoms with E-state index in [0.29, 0.717) is 25.5 Å². The van der Waals surface area contributed by atoms with Crippen LogP contribution in [0.2, 0.25) is 0 Å². The van der Waals surface area contributed by atoms with Crippen molar-refractivity contribution in [2.45, 2.75) is 59.0 Å². The molecule has 0 aliphatic rings. The summed E-state index contributed by atoms with van der Waals surface area (Å²) >= 11 is 0. The van der Waals surface area contributed by atoms with E-state index < -0.39 is 0 Å². The number of carbonyl (C=O) groups is 1. The third kappa shape index (κ3) is 7.86. The average Bonchev–Trinajstić information content (AvgIpc) is 2.44. The molecule has 0 aromatic heterocycles. The van der Waals surface area contributed by atoms with Crippen molar-refractivity contribution in [1.82, 2.24) is 5.32 Å². The Hall–Kier alpha value is -1.35. The molecular weight excluding hydrogens is 262 g/mol. The van der Waals surface area contributed by atoms with Gasteiger partial charge in [-0.2, -0.15) is 0 Å². The molecule has 0 heterocycles. The lowest BCUT2D eigenvalue weighted by molar-refractivity contribution is -0.121. The first-order chi connectivity index (χ1) is 9.99. The van der Waals surface area contributed by atoms with Gasteiger partial charge in [-0.25, -0.2) is 0 Å². The second kappa shape index (κ2) is 9.56. The van der Waals surface area contributed by atoms with Gasteiger partial charge in [0.2, 0.25) is 5.91 Å². The van der Waals surface area contributed by atoms with Crippen LogP contribution in [-0.2, 0) is 16.0 Å². The van der Waals surface area contributed by atoms with Gasteiger partial charge in [-0.1, -0.05) is 38.1 Å². The lowest BCUT2D eigenvalue weighted by atomic mass is 10.0. The molecule has 0 bridgehead atoms. The molecule has 1 N–H and O–H groups in total. The quantitative estimate of drug-likeness (QED) is 0.705. The lowest BCUT2D eigenvalue weighted by Gasteiger charge is -2.09. The highest BCUT2D eigenvalue weighted by atomic mass is 16.5. The number of aryl methyl sites for hydroxylation is 1. The number of carbonyl (C=O) groups excluding carboxylic acids is 1. The number of benzene rings is 1. The minimum Gasteiger partial charge on any atom is -0.379 e. The minimum absolute atomic E-state index is 0.118. The average molecular weight is 291 g/mol. The monoisotopic (exact) mass is 291 g/mol. The van der Waals surface area contributed by atoms with E-state index in [-0.39, 0.29) is 12.0 Å². The summed E-state index contributed by atoms with van der Waals surface area (Å²) in [5.41, 5.74) is 2.56. The molecule has 3 heteroatoms. The summed E-state index contributed by atoms with van der Waals surface area (Å²) < 4.78 is 5.43. The highest BCUT2D eigenvalue weighted by Gasteiger charge is 2.03. The fourth-order valence-electron chi connectivity index (χ4n) is 2.03. The topological polar surface area (TPSA) is 38.3 Å². The van der Waals surface area contributed by atoms with Gasteiger partial charge in [-0.3, -0.25) is 4.79 Å². The Bertz CT molecular complexity index is 410. The van der Waals surface area contributed by atoms with E-state index in [1.54, 1.807) is 0 Å². The summed E-state index contributed by atoms with van der Waals surface area (Å²) in [6.07, 6.45) is 2.47. The fourth-order valence-corrected chi connectivity index (χ4v) is 2.03. The van der Waals surface area contributed by atoms with E-state index in [1.165, 1.54) is 11.1 Å². The molecule has 0 aliphatic carbocycles. The summed E-state index contributed by atoms with van der Waals surface area (Å²) in [4.78, 5) is 11.7. The Morgan fingerprint density at radius 3 is 2.38 bits per heavy atom. The molecular formula is C18H29NO2. The van der Waals surface area contributed by atoms with Crippen LogP contribution in [0.25, 0.3) is 0 Å². The van der Waals surface area contributed by atoms with Gasteiger partial charge < -0.3 is 10.1 Å². The van der Waals surface area contributed by atoms with E-state index >= 15 is 0 Å². The number of hydrogen-bond acceptors (Lipinski definition) is 2. The molecule has 1 amide bonds. The van der Waals surface area contributed by atoms with Gasteiger partial charge in [-0.15, -0.1) is 0 Å². The normalized spacial score (nSPS) is 11.1. The van der Waals surface area contributed by atoms with E-state index in [4.69, 9.17) is 4.74 Å². The van der Waals surface area contributed by atoms with Crippen LogP contribution in [0, 0.1) is 0 Å². The molecule has 0 fully saturated rings.